The molecule has 10 heteroatoms. The van der Waals surface area contributed by atoms with Crippen LogP contribution in [0.4, 0.5) is 0 Å². The van der Waals surface area contributed by atoms with Crippen LogP contribution in [0.1, 0.15) is 123 Å². The number of oxazole rings is 2. The Morgan fingerprint density at radius 1 is 0.618 bits per heavy atom. The molecule has 5 aromatic carbocycles. The first-order valence-corrected chi connectivity index (χ1v) is 24.4. The zero-order valence-electron chi connectivity index (χ0n) is 41.5. The molecule has 1 fully saturated rings. The number of hydrogen-bond donors (Lipinski definition) is 0. The van der Waals surface area contributed by atoms with Crippen molar-refractivity contribution >= 4 is 34.1 Å². The predicted octanol–water partition coefficient (Wildman–Crippen LogP) is 14.5. The molecule has 2 aromatic heterocycles. The first kappa shape index (κ1) is 48.1. The number of nitrogens with zero attached hydrogens (tertiary/aromatic N) is 2. The molecule has 0 N–H and O–H groups in total. The summed E-state index contributed by atoms with van der Waals surface area (Å²) < 4.78 is 36.1. The van der Waals surface area contributed by atoms with Crippen LogP contribution in [0.15, 0.2) is 93.8 Å². The molecule has 0 amide bonds. The SMILES string of the molecule is CCOC(=O)CCCCCOc1cc2oc(-c3ccc(-c4cc(C)c(-c5ccc(-c6nc7cc(C(C)(C)C)c(OC8CCCC8C(=O)OCC)cc7o6)cc5)cc4C)cc3)nc2cc1C(C)(C)C. The first-order chi connectivity index (χ1) is 32.5. The predicted molar refractivity (Wildman–Crippen MR) is 269 cm³/mol. The van der Waals surface area contributed by atoms with Crippen molar-refractivity contribution in [2.45, 2.75) is 131 Å². The average molecular weight is 919 g/mol. The van der Waals surface area contributed by atoms with Gasteiger partial charge >= 0.3 is 11.9 Å². The maximum Gasteiger partial charge on any atom is 0.312 e. The molecular formula is C58H66N2O8. The van der Waals surface area contributed by atoms with Crippen molar-refractivity contribution in [3.05, 3.63) is 107 Å². The van der Waals surface area contributed by atoms with Gasteiger partial charge in [0.2, 0.25) is 11.8 Å². The van der Waals surface area contributed by atoms with E-state index in [9.17, 15) is 9.59 Å². The van der Waals surface area contributed by atoms with Crippen molar-refractivity contribution < 1.29 is 37.4 Å². The number of hydrogen-bond acceptors (Lipinski definition) is 10. The van der Waals surface area contributed by atoms with E-state index in [2.05, 4.69) is 128 Å². The quantitative estimate of drug-likeness (QED) is 0.0683. The molecule has 68 heavy (non-hydrogen) atoms. The van der Waals surface area contributed by atoms with Gasteiger partial charge in [0.15, 0.2) is 11.2 Å². The molecule has 2 atom stereocenters. The Bertz CT molecular complexity index is 2910. The van der Waals surface area contributed by atoms with Gasteiger partial charge in [-0.2, -0.15) is 0 Å². The Balaban J connectivity index is 0.965. The summed E-state index contributed by atoms with van der Waals surface area (Å²) in [6.07, 6.45) is 5.20. The van der Waals surface area contributed by atoms with Crippen LogP contribution in [0.25, 0.3) is 67.4 Å². The van der Waals surface area contributed by atoms with Crippen LogP contribution in [0.3, 0.4) is 0 Å². The molecule has 10 nitrogen and oxygen atoms in total. The standard InChI is InChI=1S/C58H66N2O8/c1-11-63-53(61)19-14-13-15-28-65-49-33-51-46(31-44(49)57(5,6)7)59-54(67-51)39-24-20-37(21-25-39)42-29-36(4)43(30-35(42)3)38-22-26-40(27-23-38)55-60-47-32-45(58(8,9)10)50(34-52(47)68-55)66-48-18-16-17-41(48)56(62)64-12-2/h20-27,29-34,41,48H,11-19,28H2,1-10H3. The second-order valence-electron chi connectivity index (χ2n) is 20.2. The summed E-state index contributed by atoms with van der Waals surface area (Å²) in [6, 6.07) is 29.4. The summed E-state index contributed by atoms with van der Waals surface area (Å²) in [5, 5.41) is 0. The maximum atomic E-state index is 12.7. The summed E-state index contributed by atoms with van der Waals surface area (Å²) in [5.74, 6) is 2.02. The Morgan fingerprint density at radius 3 is 1.63 bits per heavy atom. The molecule has 2 heterocycles. The van der Waals surface area contributed by atoms with Crippen LogP contribution in [-0.4, -0.2) is 47.8 Å². The van der Waals surface area contributed by atoms with Gasteiger partial charge in [-0.15, -0.1) is 0 Å². The molecule has 1 aliphatic carbocycles. The molecular weight excluding hydrogens is 853 g/mol. The number of unbranched alkanes of at least 4 members (excludes halogenated alkanes) is 2. The molecule has 0 saturated heterocycles. The smallest absolute Gasteiger partial charge is 0.312 e. The van der Waals surface area contributed by atoms with E-state index in [1.54, 1.807) is 0 Å². The van der Waals surface area contributed by atoms with E-state index in [1.165, 1.54) is 16.7 Å². The van der Waals surface area contributed by atoms with Crippen LogP contribution in [-0.2, 0) is 29.9 Å². The van der Waals surface area contributed by atoms with Crippen LogP contribution >= 0.6 is 0 Å². The Morgan fingerprint density at radius 2 is 1.12 bits per heavy atom. The Hall–Kier alpha value is -6.42. The van der Waals surface area contributed by atoms with Gasteiger partial charge in [0.1, 0.15) is 28.6 Å². The van der Waals surface area contributed by atoms with Gasteiger partial charge in [-0.3, -0.25) is 9.59 Å². The minimum absolute atomic E-state index is 0.145. The normalized spacial score (nSPS) is 15.3. The van der Waals surface area contributed by atoms with Crippen LogP contribution < -0.4 is 9.47 Å². The highest BCUT2D eigenvalue weighted by atomic mass is 16.5. The van der Waals surface area contributed by atoms with Gasteiger partial charge in [-0.1, -0.05) is 77.9 Å². The summed E-state index contributed by atoms with van der Waals surface area (Å²) >= 11 is 0. The van der Waals surface area contributed by atoms with Crippen molar-refractivity contribution in [1.82, 2.24) is 9.97 Å². The van der Waals surface area contributed by atoms with Gasteiger partial charge in [0.25, 0.3) is 0 Å². The molecule has 0 bridgehead atoms. The van der Waals surface area contributed by atoms with Crippen molar-refractivity contribution in [3.8, 4) is 56.7 Å². The number of aromatic nitrogens is 2. The largest absolute Gasteiger partial charge is 0.493 e. The van der Waals surface area contributed by atoms with Crippen molar-refractivity contribution in [3.63, 3.8) is 0 Å². The summed E-state index contributed by atoms with van der Waals surface area (Å²) in [4.78, 5) is 34.3. The lowest BCUT2D eigenvalue weighted by atomic mass is 9.86. The minimum atomic E-state index is -0.274. The molecule has 7 aromatic rings. The lowest BCUT2D eigenvalue weighted by molar-refractivity contribution is -0.150. The van der Waals surface area contributed by atoms with Gasteiger partial charge in [-0.05, 0) is 147 Å². The monoisotopic (exact) mass is 918 g/mol. The topological polar surface area (TPSA) is 123 Å². The zero-order valence-corrected chi connectivity index (χ0v) is 41.5. The molecule has 1 aliphatic rings. The van der Waals surface area contributed by atoms with Crippen molar-refractivity contribution in [2.75, 3.05) is 19.8 Å². The van der Waals surface area contributed by atoms with E-state index in [0.29, 0.717) is 49.2 Å². The van der Waals surface area contributed by atoms with E-state index in [0.717, 1.165) is 100 Å². The molecule has 8 rings (SSSR count). The van der Waals surface area contributed by atoms with E-state index in [1.807, 2.05) is 26.0 Å². The summed E-state index contributed by atoms with van der Waals surface area (Å²) in [7, 11) is 0. The summed E-state index contributed by atoms with van der Waals surface area (Å²) in [6.45, 7) is 22.3. The van der Waals surface area contributed by atoms with E-state index in [-0.39, 0.29) is 34.8 Å². The second kappa shape index (κ2) is 20.0. The molecule has 0 radical (unpaired) electrons. The fraction of sp³-hybridized carbons (Fsp3) is 0.414. The number of rotatable bonds is 16. The fourth-order valence-corrected chi connectivity index (χ4v) is 9.28. The highest BCUT2D eigenvalue weighted by Gasteiger charge is 2.37. The number of ether oxygens (including phenoxy) is 4. The number of carbonyl (C=O) groups excluding carboxylic acids is 2. The minimum Gasteiger partial charge on any atom is -0.493 e. The van der Waals surface area contributed by atoms with Gasteiger partial charge < -0.3 is 27.8 Å². The number of fused-ring (bicyclic) bond motifs is 2. The molecule has 0 aliphatic heterocycles. The van der Waals surface area contributed by atoms with Gasteiger partial charge in [0, 0.05) is 40.8 Å². The third kappa shape index (κ3) is 10.6. The highest BCUT2D eigenvalue weighted by molar-refractivity contribution is 5.83. The zero-order chi connectivity index (χ0) is 48.3. The summed E-state index contributed by atoms with van der Waals surface area (Å²) in [5.41, 5.74) is 13.3. The van der Waals surface area contributed by atoms with Crippen molar-refractivity contribution in [1.29, 1.82) is 0 Å². The molecule has 2 unspecified atom stereocenters. The molecule has 1 saturated carbocycles. The van der Waals surface area contributed by atoms with E-state index >= 15 is 0 Å². The molecule has 0 spiro atoms. The number of esters is 2. The van der Waals surface area contributed by atoms with E-state index in [4.69, 9.17) is 37.7 Å². The van der Waals surface area contributed by atoms with E-state index < -0.39 is 0 Å². The lowest BCUT2D eigenvalue weighted by Gasteiger charge is -2.26. The van der Waals surface area contributed by atoms with Crippen molar-refractivity contribution in [2.24, 2.45) is 5.92 Å². The average Bonchev–Trinajstić information content (AvgIpc) is 4.06. The maximum absolute atomic E-state index is 12.7. The lowest BCUT2D eigenvalue weighted by Crippen LogP contribution is -2.30. The Labute approximate surface area is 400 Å². The van der Waals surface area contributed by atoms with Crippen LogP contribution in [0.2, 0.25) is 0 Å². The van der Waals surface area contributed by atoms with Crippen LogP contribution in [0, 0.1) is 19.8 Å². The van der Waals surface area contributed by atoms with Crippen LogP contribution in [0.5, 0.6) is 11.5 Å². The fourth-order valence-electron chi connectivity index (χ4n) is 9.28. The second-order valence-corrected chi connectivity index (χ2v) is 20.2. The third-order valence-electron chi connectivity index (χ3n) is 13.0. The Kier molecular flexibility index (Phi) is 14.2. The van der Waals surface area contributed by atoms with Gasteiger partial charge in [0.05, 0.1) is 25.7 Å². The number of aryl methyl sites for hydroxylation is 2. The van der Waals surface area contributed by atoms with Gasteiger partial charge in [-0.25, -0.2) is 9.97 Å². The highest BCUT2D eigenvalue weighted by Crippen LogP contribution is 2.41. The third-order valence-corrected chi connectivity index (χ3v) is 13.0. The number of carbonyl (C=O) groups is 2. The number of benzene rings is 5. The molecule has 356 valence electrons. The first-order valence-electron chi connectivity index (χ1n) is 24.4.